The highest BCUT2D eigenvalue weighted by atomic mass is 32.2. The van der Waals surface area contributed by atoms with Crippen LogP contribution in [0, 0.1) is 11.8 Å². The summed E-state index contributed by atoms with van der Waals surface area (Å²) < 4.78 is 32.4. The third kappa shape index (κ3) is 6.35. The number of hydrogen-bond acceptors (Lipinski definition) is 4. The van der Waals surface area contributed by atoms with Crippen molar-refractivity contribution in [3.05, 3.63) is 0 Å². The van der Waals surface area contributed by atoms with Crippen LogP contribution in [0.5, 0.6) is 0 Å². The first-order chi connectivity index (χ1) is 8.78. The Morgan fingerprint density at radius 2 is 1.79 bits per heavy atom. The van der Waals surface area contributed by atoms with Gasteiger partial charge in [-0.15, -0.1) is 0 Å². The SMILES string of the molecule is CCN(CC)S(=O)(=O)NC[C@@H](CC(C)C)C(=O)OC. The zero-order valence-electron chi connectivity index (χ0n) is 12.5. The van der Waals surface area contributed by atoms with Gasteiger partial charge in [0.05, 0.1) is 13.0 Å². The average molecular weight is 294 g/mol. The maximum Gasteiger partial charge on any atom is 0.309 e. The Bertz CT molecular complexity index is 364. The summed E-state index contributed by atoms with van der Waals surface area (Å²) in [5, 5.41) is 0. The Kier molecular flexibility index (Phi) is 8.20. The summed E-state index contributed by atoms with van der Waals surface area (Å²) in [4.78, 5) is 11.6. The summed E-state index contributed by atoms with van der Waals surface area (Å²) in [6.07, 6.45) is 0.591. The second kappa shape index (κ2) is 8.50. The Hall–Kier alpha value is -0.660. The Morgan fingerprint density at radius 3 is 2.16 bits per heavy atom. The van der Waals surface area contributed by atoms with Crippen LogP contribution in [0.1, 0.15) is 34.1 Å². The molecule has 1 atom stereocenters. The van der Waals surface area contributed by atoms with Crippen molar-refractivity contribution in [3.8, 4) is 0 Å². The molecule has 0 saturated carbocycles. The lowest BCUT2D eigenvalue weighted by atomic mass is 9.97. The number of carbonyl (C=O) groups excluding carboxylic acids is 1. The van der Waals surface area contributed by atoms with E-state index in [0.717, 1.165) is 0 Å². The fraction of sp³-hybridized carbons (Fsp3) is 0.917. The molecule has 0 fully saturated rings. The number of nitrogens with one attached hydrogen (secondary N) is 1. The zero-order chi connectivity index (χ0) is 15.1. The quantitative estimate of drug-likeness (QED) is 0.644. The summed E-state index contributed by atoms with van der Waals surface area (Å²) in [6.45, 7) is 8.38. The molecular formula is C12H26N2O4S. The van der Waals surface area contributed by atoms with Gasteiger partial charge in [0.25, 0.3) is 10.2 Å². The lowest BCUT2D eigenvalue weighted by Gasteiger charge is -2.22. The summed E-state index contributed by atoms with van der Waals surface area (Å²) in [5.41, 5.74) is 0. The highest BCUT2D eigenvalue weighted by Crippen LogP contribution is 2.13. The van der Waals surface area contributed by atoms with Crippen LogP contribution >= 0.6 is 0 Å². The van der Waals surface area contributed by atoms with Crippen molar-refractivity contribution in [2.24, 2.45) is 11.8 Å². The van der Waals surface area contributed by atoms with E-state index in [4.69, 9.17) is 4.74 Å². The Labute approximate surface area is 116 Å². The third-order valence-electron chi connectivity index (χ3n) is 2.85. The summed E-state index contributed by atoms with van der Waals surface area (Å²) >= 11 is 0. The molecule has 19 heavy (non-hydrogen) atoms. The summed E-state index contributed by atoms with van der Waals surface area (Å²) in [6, 6.07) is 0. The minimum Gasteiger partial charge on any atom is -0.469 e. The summed E-state index contributed by atoms with van der Waals surface area (Å²) in [5.74, 6) is -0.534. The first-order valence-corrected chi connectivity index (χ1v) is 8.04. The molecule has 0 heterocycles. The molecule has 7 heteroatoms. The van der Waals surface area contributed by atoms with Gasteiger partial charge in [0.1, 0.15) is 0 Å². The molecule has 0 aromatic rings. The van der Waals surface area contributed by atoms with Gasteiger partial charge in [0.2, 0.25) is 0 Å². The monoisotopic (exact) mass is 294 g/mol. The van der Waals surface area contributed by atoms with Gasteiger partial charge in [-0.3, -0.25) is 4.79 Å². The molecule has 0 unspecified atom stereocenters. The molecule has 0 aromatic heterocycles. The molecule has 0 amide bonds. The van der Waals surface area contributed by atoms with Crippen molar-refractivity contribution in [3.63, 3.8) is 0 Å². The predicted molar refractivity (Wildman–Crippen MR) is 74.8 cm³/mol. The average Bonchev–Trinajstić information content (AvgIpc) is 2.34. The number of hydrogen-bond donors (Lipinski definition) is 1. The molecule has 0 aliphatic heterocycles. The van der Waals surface area contributed by atoms with E-state index in [1.165, 1.54) is 11.4 Å². The smallest absolute Gasteiger partial charge is 0.309 e. The van der Waals surface area contributed by atoms with E-state index in [-0.39, 0.29) is 12.5 Å². The van der Waals surface area contributed by atoms with Crippen molar-refractivity contribution in [1.82, 2.24) is 9.03 Å². The van der Waals surface area contributed by atoms with E-state index in [0.29, 0.717) is 25.4 Å². The van der Waals surface area contributed by atoms with E-state index >= 15 is 0 Å². The van der Waals surface area contributed by atoms with Crippen LogP contribution in [-0.2, 0) is 19.7 Å². The van der Waals surface area contributed by atoms with Gasteiger partial charge in [0.15, 0.2) is 0 Å². The van der Waals surface area contributed by atoms with Gasteiger partial charge in [-0.2, -0.15) is 12.7 Å². The Morgan fingerprint density at radius 1 is 1.26 bits per heavy atom. The normalized spacial score (nSPS) is 13.8. The van der Waals surface area contributed by atoms with Crippen molar-refractivity contribution < 1.29 is 17.9 Å². The van der Waals surface area contributed by atoms with E-state index in [9.17, 15) is 13.2 Å². The molecule has 0 bridgehead atoms. The van der Waals surface area contributed by atoms with Crippen molar-refractivity contribution in [2.45, 2.75) is 34.1 Å². The van der Waals surface area contributed by atoms with Gasteiger partial charge in [-0.05, 0) is 12.3 Å². The van der Waals surface area contributed by atoms with Crippen LogP contribution in [0.2, 0.25) is 0 Å². The third-order valence-corrected chi connectivity index (χ3v) is 4.58. The molecule has 0 aliphatic rings. The van der Waals surface area contributed by atoms with E-state index in [1.54, 1.807) is 13.8 Å². The second-order valence-electron chi connectivity index (χ2n) is 4.79. The van der Waals surface area contributed by atoms with Crippen LogP contribution in [0.3, 0.4) is 0 Å². The maximum absolute atomic E-state index is 12.0. The minimum absolute atomic E-state index is 0.0731. The van der Waals surface area contributed by atoms with Gasteiger partial charge in [-0.1, -0.05) is 27.7 Å². The topological polar surface area (TPSA) is 75.7 Å². The molecule has 6 nitrogen and oxygen atoms in total. The van der Waals surface area contributed by atoms with Crippen LogP contribution < -0.4 is 4.72 Å². The first kappa shape index (κ1) is 18.3. The van der Waals surface area contributed by atoms with Gasteiger partial charge in [-0.25, -0.2) is 4.72 Å². The Balaban J connectivity index is 4.66. The fourth-order valence-corrected chi connectivity index (χ4v) is 3.13. The van der Waals surface area contributed by atoms with Gasteiger partial charge < -0.3 is 4.74 Å². The molecule has 0 rings (SSSR count). The molecule has 0 spiro atoms. The van der Waals surface area contributed by atoms with E-state index in [2.05, 4.69) is 4.72 Å². The maximum atomic E-state index is 12.0. The van der Waals surface area contributed by atoms with Crippen molar-refractivity contribution in [2.75, 3.05) is 26.7 Å². The lowest BCUT2D eigenvalue weighted by Crippen LogP contribution is -2.43. The lowest BCUT2D eigenvalue weighted by molar-refractivity contribution is -0.145. The second-order valence-corrected chi connectivity index (χ2v) is 6.54. The zero-order valence-corrected chi connectivity index (χ0v) is 13.3. The van der Waals surface area contributed by atoms with E-state index in [1.807, 2.05) is 13.8 Å². The highest BCUT2D eigenvalue weighted by molar-refractivity contribution is 7.87. The first-order valence-electron chi connectivity index (χ1n) is 6.60. The fourth-order valence-electron chi connectivity index (χ4n) is 1.86. The van der Waals surface area contributed by atoms with Crippen molar-refractivity contribution >= 4 is 16.2 Å². The molecule has 0 aliphatic carbocycles. The number of carbonyl (C=O) groups is 1. The molecule has 0 saturated heterocycles. The summed E-state index contributed by atoms with van der Waals surface area (Å²) in [7, 11) is -2.21. The predicted octanol–water partition coefficient (Wildman–Crippen LogP) is 0.998. The van der Waals surface area contributed by atoms with Crippen molar-refractivity contribution in [1.29, 1.82) is 0 Å². The molecule has 0 aromatic carbocycles. The van der Waals surface area contributed by atoms with Crippen LogP contribution in [0.25, 0.3) is 0 Å². The standard InChI is InChI=1S/C12H26N2O4S/c1-6-14(7-2)19(16,17)13-9-11(8-10(3)4)12(15)18-5/h10-11,13H,6-9H2,1-5H3/t11-/m1/s1. The number of nitrogens with zero attached hydrogens (tertiary/aromatic N) is 1. The number of methoxy groups -OCH3 is 1. The van der Waals surface area contributed by atoms with Crippen LogP contribution in [0.4, 0.5) is 0 Å². The molecule has 114 valence electrons. The number of ether oxygens (including phenoxy) is 1. The molecular weight excluding hydrogens is 268 g/mol. The molecule has 1 N–H and O–H groups in total. The highest BCUT2D eigenvalue weighted by Gasteiger charge is 2.25. The van der Waals surface area contributed by atoms with Crippen LogP contribution in [-0.4, -0.2) is 45.4 Å². The minimum atomic E-state index is -3.52. The van der Waals surface area contributed by atoms with Gasteiger partial charge in [0, 0.05) is 19.6 Å². The number of rotatable bonds is 9. The largest absolute Gasteiger partial charge is 0.469 e. The molecule has 0 radical (unpaired) electrons. The van der Waals surface area contributed by atoms with E-state index < -0.39 is 16.1 Å². The van der Waals surface area contributed by atoms with Gasteiger partial charge >= 0.3 is 5.97 Å². The number of esters is 1. The van der Waals surface area contributed by atoms with Crippen LogP contribution in [0.15, 0.2) is 0 Å².